The van der Waals surface area contributed by atoms with E-state index in [2.05, 4.69) is 22.5 Å². The zero-order valence-electron chi connectivity index (χ0n) is 8.71. The summed E-state index contributed by atoms with van der Waals surface area (Å²) in [4.78, 5) is 11.7. The molecule has 0 amide bonds. The average molecular weight is 267 g/mol. The van der Waals surface area contributed by atoms with E-state index in [-0.39, 0.29) is 5.78 Å². The molecule has 1 rings (SSSR count). The monoisotopic (exact) mass is 266 g/mol. The van der Waals surface area contributed by atoms with Gasteiger partial charge in [-0.25, -0.2) is 0 Å². The van der Waals surface area contributed by atoms with E-state index in [0.29, 0.717) is 6.42 Å². The highest BCUT2D eigenvalue weighted by Gasteiger charge is 2.04. The molecule has 0 heterocycles. The summed E-state index contributed by atoms with van der Waals surface area (Å²) in [6.45, 7) is 3.68. The van der Waals surface area contributed by atoms with E-state index in [1.54, 1.807) is 6.08 Å². The van der Waals surface area contributed by atoms with Gasteiger partial charge in [-0.15, -0.1) is 0 Å². The molecule has 80 valence electrons. The first-order chi connectivity index (χ1) is 7.27. The van der Waals surface area contributed by atoms with E-state index in [0.717, 1.165) is 29.3 Å². The quantitative estimate of drug-likeness (QED) is 0.431. The topological polar surface area (TPSA) is 17.1 Å². The van der Waals surface area contributed by atoms with Gasteiger partial charge in [0, 0.05) is 17.3 Å². The molecule has 0 bridgehead atoms. The van der Waals surface area contributed by atoms with Gasteiger partial charge in [0.2, 0.25) is 0 Å². The number of hydrogen-bond acceptors (Lipinski definition) is 1. The van der Waals surface area contributed by atoms with Crippen molar-refractivity contribution in [3.8, 4) is 0 Å². The summed E-state index contributed by atoms with van der Waals surface area (Å²) in [6, 6.07) is 7.58. The lowest BCUT2D eigenvalue weighted by molar-refractivity contribution is 0.0980. The molecule has 15 heavy (non-hydrogen) atoms. The minimum absolute atomic E-state index is 0.228. The molecule has 0 aromatic heterocycles. The van der Waals surface area contributed by atoms with E-state index in [1.807, 2.05) is 24.3 Å². The van der Waals surface area contributed by atoms with Gasteiger partial charge in [0.05, 0.1) is 0 Å². The Morgan fingerprint density at radius 1 is 1.27 bits per heavy atom. The maximum atomic E-state index is 11.7. The molecule has 1 aromatic carbocycles. The second-order valence-electron chi connectivity index (χ2n) is 3.40. The van der Waals surface area contributed by atoms with E-state index >= 15 is 0 Å². The van der Waals surface area contributed by atoms with E-state index in [9.17, 15) is 4.79 Å². The van der Waals surface area contributed by atoms with Crippen molar-refractivity contribution in [3.63, 3.8) is 0 Å². The van der Waals surface area contributed by atoms with Crippen molar-refractivity contribution in [1.82, 2.24) is 0 Å². The third kappa shape index (κ3) is 4.00. The van der Waals surface area contributed by atoms with Crippen LogP contribution in [0.15, 0.2) is 30.8 Å². The van der Waals surface area contributed by atoms with Crippen LogP contribution in [0.2, 0.25) is 0 Å². The van der Waals surface area contributed by atoms with Gasteiger partial charge in [-0.05, 0) is 18.4 Å². The van der Waals surface area contributed by atoms with Crippen LogP contribution in [-0.4, -0.2) is 11.1 Å². The summed E-state index contributed by atoms with van der Waals surface area (Å²) in [5.41, 5.74) is 1.85. The minimum atomic E-state index is 0.228. The first-order valence-corrected chi connectivity index (χ1v) is 6.21. The lowest BCUT2D eigenvalue weighted by Crippen LogP contribution is -1.98. The average Bonchev–Trinajstić information content (AvgIpc) is 2.29. The molecule has 0 N–H and O–H groups in total. The van der Waals surface area contributed by atoms with Gasteiger partial charge in [0.25, 0.3) is 0 Å². The molecule has 1 aromatic rings. The van der Waals surface area contributed by atoms with Gasteiger partial charge in [0.15, 0.2) is 5.78 Å². The highest BCUT2D eigenvalue weighted by molar-refractivity contribution is 9.09. The number of halogens is 1. The number of hydrogen-bond donors (Lipinski definition) is 0. The van der Waals surface area contributed by atoms with Crippen molar-refractivity contribution in [2.75, 3.05) is 5.33 Å². The van der Waals surface area contributed by atoms with E-state index in [4.69, 9.17) is 0 Å². The number of rotatable bonds is 6. The summed E-state index contributed by atoms with van der Waals surface area (Å²) in [5, 5.41) is 0.968. The summed E-state index contributed by atoms with van der Waals surface area (Å²) in [5.74, 6) is 0.228. The lowest BCUT2D eigenvalue weighted by Gasteiger charge is -2.00. The number of carbonyl (C=O) groups is 1. The second kappa shape index (κ2) is 6.57. The molecule has 0 aliphatic carbocycles. The Morgan fingerprint density at radius 2 is 1.93 bits per heavy atom. The van der Waals surface area contributed by atoms with Crippen LogP contribution in [0.1, 0.15) is 35.2 Å². The summed E-state index contributed by atoms with van der Waals surface area (Å²) >= 11 is 3.35. The number of unbranched alkanes of at least 4 members (excludes halogenated alkanes) is 1. The van der Waals surface area contributed by atoms with Gasteiger partial charge >= 0.3 is 0 Å². The molecule has 2 heteroatoms. The third-order valence-corrected chi connectivity index (χ3v) is 2.82. The predicted molar refractivity (Wildman–Crippen MR) is 68.5 cm³/mol. The van der Waals surface area contributed by atoms with Crippen LogP contribution < -0.4 is 0 Å². The number of carbonyl (C=O) groups excluding carboxylic acids is 1. The fourth-order valence-electron chi connectivity index (χ4n) is 1.33. The Morgan fingerprint density at radius 3 is 2.47 bits per heavy atom. The minimum Gasteiger partial charge on any atom is -0.294 e. The van der Waals surface area contributed by atoms with Crippen LogP contribution in [0.4, 0.5) is 0 Å². The van der Waals surface area contributed by atoms with Gasteiger partial charge in [0.1, 0.15) is 0 Å². The zero-order chi connectivity index (χ0) is 11.1. The molecule has 0 radical (unpaired) electrons. The number of benzene rings is 1. The van der Waals surface area contributed by atoms with Crippen molar-refractivity contribution in [2.45, 2.75) is 19.3 Å². The van der Waals surface area contributed by atoms with Crippen LogP contribution in [0.5, 0.6) is 0 Å². The van der Waals surface area contributed by atoms with Crippen molar-refractivity contribution < 1.29 is 4.79 Å². The zero-order valence-corrected chi connectivity index (χ0v) is 10.3. The van der Waals surface area contributed by atoms with Crippen LogP contribution in [0.25, 0.3) is 6.08 Å². The molecule has 0 aliphatic heterocycles. The highest BCUT2D eigenvalue weighted by atomic mass is 79.9. The Labute approximate surface area is 99.3 Å². The fourth-order valence-corrected chi connectivity index (χ4v) is 1.73. The molecule has 0 aliphatic rings. The maximum absolute atomic E-state index is 11.7. The molecule has 0 unspecified atom stereocenters. The van der Waals surface area contributed by atoms with Gasteiger partial charge in [-0.1, -0.05) is 52.9 Å². The SMILES string of the molecule is C=Cc1ccc(C(=O)CCCCBr)cc1. The second-order valence-corrected chi connectivity index (χ2v) is 4.19. The van der Waals surface area contributed by atoms with Crippen LogP contribution in [-0.2, 0) is 0 Å². The van der Waals surface area contributed by atoms with Crippen molar-refractivity contribution in [2.24, 2.45) is 0 Å². The van der Waals surface area contributed by atoms with Crippen LogP contribution in [0.3, 0.4) is 0 Å². The first kappa shape index (κ1) is 12.2. The molecule has 0 atom stereocenters. The fraction of sp³-hybridized carbons (Fsp3) is 0.308. The summed E-state index contributed by atoms with van der Waals surface area (Å²) < 4.78 is 0. The largest absolute Gasteiger partial charge is 0.294 e. The Bertz CT molecular complexity index is 327. The van der Waals surface area contributed by atoms with Crippen LogP contribution >= 0.6 is 15.9 Å². The van der Waals surface area contributed by atoms with Crippen LogP contribution in [0, 0.1) is 0 Å². The highest BCUT2D eigenvalue weighted by Crippen LogP contribution is 2.10. The van der Waals surface area contributed by atoms with Gasteiger partial charge in [-0.2, -0.15) is 0 Å². The standard InChI is InChI=1S/C13H15BrO/c1-2-11-6-8-12(9-7-11)13(15)5-3-4-10-14/h2,6-9H,1,3-5,10H2. The first-order valence-electron chi connectivity index (χ1n) is 5.09. The van der Waals surface area contributed by atoms with Gasteiger partial charge < -0.3 is 0 Å². The molecule has 0 spiro atoms. The normalized spacial score (nSPS) is 9.93. The lowest BCUT2D eigenvalue weighted by atomic mass is 10.0. The third-order valence-electron chi connectivity index (χ3n) is 2.26. The molecule has 0 saturated heterocycles. The van der Waals surface area contributed by atoms with Gasteiger partial charge in [-0.3, -0.25) is 4.79 Å². The van der Waals surface area contributed by atoms with E-state index in [1.165, 1.54) is 0 Å². The number of Topliss-reactive ketones (excluding diaryl/α,β-unsaturated/α-hetero) is 1. The smallest absolute Gasteiger partial charge is 0.162 e. The predicted octanol–water partition coefficient (Wildman–Crippen LogP) is 4.08. The Hall–Kier alpha value is -0.890. The molecular formula is C13H15BrO. The number of ketones is 1. The number of alkyl halides is 1. The maximum Gasteiger partial charge on any atom is 0.162 e. The molecule has 0 saturated carbocycles. The van der Waals surface area contributed by atoms with Crippen molar-refractivity contribution in [3.05, 3.63) is 42.0 Å². The molecular weight excluding hydrogens is 252 g/mol. The summed E-state index contributed by atoms with van der Waals surface area (Å²) in [6.07, 6.45) is 4.42. The van der Waals surface area contributed by atoms with Crippen molar-refractivity contribution >= 4 is 27.8 Å². The van der Waals surface area contributed by atoms with Crippen molar-refractivity contribution in [1.29, 1.82) is 0 Å². The molecule has 0 fully saturated rings. The summed E-state index contributed by atoms with van der Waals surface area (Å²) in [7, 11) is 0. The Kier molecular flexibility index (Phi) is 5.33. The van der Waals surface area contributed by atoms with E-state index < -0.39 is 0 Å². The Balaban J connectivity index is 2.54. The molecule has 1 nitrogen and oxygen atoms in total.